The highest BCUT2D eigenvalue weighted by molar-refractivity contribution is 5.99. The summed E-state index contributed by atoms with van der Waals surface area (Å²) >= 11 is 0. The fourth-order valence-corrected chi connectivity index (χ4v) is 7.78. The smallest absolute Gasteiger partial charge is 0.319 e. The van der Waals surface area contributed by atoms with Crippen molar-refractivity contribution in [2.24, 2.45) is 5.92 Å². The lowest BCUT2D eigenvalue weighted by atomic mass is 9.95. The minimum absolute atomic E-state index is 0.000191. The van der Waals surface area contributed by atoms with Crippen molar-refractivity contribution in [3.05, 3.63) is 84.1 Å². The van der Waals surface area contributed by atoms with E-state index in [1.165, 1.54) is 12.3 Å². The SMILES string of the molecule is O=C(Oc1cc(F)cc(F)c1)C1CCN(c2nc(OCC34CCCN3CCC4)nc3c(F)c(-c4cccc5cccc(F)c45)ncc23)CC1. The number of pyridine rings is 1. The van der Waals surface area contributed by atoms with Crippen molar-refractivity contribution in [1.29, 1.82) is 0 Å². The van der Waals surface area contributed by atoms with Crippen molar-refractivity contribution < 1.29 is 31.8 Å². The number of halogens is 4. The molecular formula is C37H33F4N5O3. The fourth-order valence-electron chi connectivity index (χ4n) is 7.78. The minimum atomic E-state index is -0.839. The Balaban J connectivity index is 1.13. The van der Waals surface area contributed by atoms with E-state index in [-0.39, 0.29) is 33.9 Å². The van der Waals surface area contributed by atoms with Gasteiger partial charge < -0.3 is 14.4 Å². The highest BCUT2D eigenvalue weighted by Crippen LogP contribution is 2.40. The van der Waals surface area contributed by atoms with Crippen LogP contribution in [0.15, 0.2) is 60.8 Å². The second-order valence-corrected chi connectivity index (χ2v) is 13.2. The van der Waals surface area contributed by atoms with Gasteiger partial charge in [0, 0.05) is 48.4 Å². The minimum Gasteiger partial charge on any atom is -0.461 e. The molecule has 5 heterocycles. The van der Waals surface area contributed by atoms with Gasteiger partial charge in [0.15, 0.2) is 5.82 Å². The third-order valence-electron chi connectivity index (χ3n) is 10.2. The Bertz CT molecular complexity index is 2050. The van der Waals surface area contributed by atoms with Gasteiger partial charge in [0.2, 0.25) is 0 Å². The Labute approximate surface area is 279 Å². The number of carbonyl (C=O) groups excluding carboxylic acids is 1. The number of piperidine rings is 1. The molecule has 0 spiro atoms. The first-order valence-electron chi connectivity index (χ1n) is 16.6. The molecule has 0 aliphatic carbocycles. The molecule has 3 aliphatic rings. The van der Waals surface area contributed by atoms with E-state index in [1.54, 1.807) is 30.3 Å². The number of hydrogen-bond donors (Lipinski definition) is 0. The molecule has 49 heavy (non-hydrogen) atoms. The first kappa shape index (κ1) is 31.4. The number of aromatic nitrogens is 3. The van der Waals surface area contributed by atoms with Crippen LogP contribution in [0.5, 0.6) is 11.8 Å². The number of rotatable bonds is 7. The molecule has 0 saturated carbocycles. The van der Waals surface area contributed by atoms with Gasteiger partial charge in [0.1, 0.15) is 46.8 Å². The van der Waals surface area contributed by atoms with E-state index < -0.39 is 35.2 Å². The lowest BCUT2D eigenvalue weighted by Gasteiger charge is -2.33. The number of esters is 1. The monoisotopic (exact) mass is 671 g/mol. The summed E-state index contributed by atoms with van der Waals surface area (Å²) < 4.78 is 70.6. The van der Waals surface area contributed by atoms with Gasteiger partial charge in [-0.15, -0.1) is 0 Å². The molecule has 0 atom stereocenters. The molecule has 252 valence electrons. The molecular weight excluding hydrogens is 638 g/mol. The van der Waals surface area contributed by atoms with Crippen molar-refractivity contribution >= 4 is 33.5 Å². The Kier molecular flexibility index (Phi) is 8.05. The summed E-state index contributed by atoms with van der Waals surface area (Å²) in [5.74, 6) is -3.77. The Morgan fingerprint density at radius 1 is 0.898 bits per heavy atom. The maximum absolute atomic E-state index is 16.7. The van der Waals surface area contributed by atoms with Gasteiger partial charge in [-0.25, -0.2) is 17.6 Å². The van der Waals surface area contributed by atoms with E-state index in [9.17, 15) is 13.6 Å². The summed E-state index contributed by atoms with van der Waals surface area (Å²) in [6.07, 6.45) is 6.41. The normalized spacial score (nSPS) is 17.9. The van der Waals surface area contributed by atoms with Crippen molar-refractivity contribution in [3.63, 3.8) is 0 Å². The van der Waals surface area contributed by atoms with Crippen molar-refractivity contribution in [2.45, 2.75) is 44.1 Å². The van der Waals surface area contributed by atoms with E-state index in [4.69, 9.17) is 14.5 Å². The zero-order valence-electron chi connectivity index (χ0n) is 26.6. The van der Waals surface area contributed by atoms with E-state index in [0.29, 0.717) is 60.8 Å². The quantitative estimate of drug-likeness (QED) is 0.102. The van der Waals surface area contributed by atoms with Crippen LogP contribution < -0.4 is 14.4 Å². The number of anilines is 1. The third kappa shape index (κ3) is 5.81. The highest BCUT2D eigenvalue weighted by Gasteiger charge is 2.45. The van der Waals surface area contributed by atoms with Crippen LogP contribution in [0.3, 0.4) is 0 Å². The highest BCUT2D eigenvalue weighted by atomic mass is 19.1. The predicted octanol–water partition coefficient (Wildman–Crippen LogP) is 7.23. The maximum Gasteiger partial charge on any atom is 0.319 e. The number of fused-ring (bicyclic) bond motifs is 3. The number of benzene rings is 3. The standard InChI is InChI=1S/C37H33F4N5O3/c38-24-17-25(39)19-26(18-24)49-35(47)23-9-15-45(16-10-23)34-28-20-42-32(27-7-1-5-22-6-2-8-29(40)30(22)27)31(41)33(28)43-36(44-34)48-21-37-11-3-13-46(37)14-4-12-37/h1-2,5-8,17-20,23H,3-4,9-16,21H2. The summed E-state index contributed by atoms with van der Waals surface area (Å²) in [7, 11) is 0. The average molecular weight is 672 g/mol. The molecule has 0 unspecified atom stereocenters. The molecule has 3 fully saturated rings. The summed E-state index contributed by atoms with van der Waals surface area (Å²) in [6, 6.07) is 12.5. The molecule has 0 amide bonds. The first-order valence-corrected chi connectivity index (χ1v) is 16.6. The van der Waals surface area contributed by atoms with Gasteiger partial charge in [-0.05, 0) is 63.1 Å². The van der Waals surface area contributed by atoms with Gasteiger partial charge in [-0.2, -0.15) is 9.97 Å². The molecule has 3 saturated heterocycles. The second-order valence-electron chi connectivity index (χ2n) is 13.2. The number of hydrogen-bond acceptors (Lipinski definition) is 8. The summed E-state index contributed by atoms with van der Waals surface area (Å²) in [4.78, 5) is 31.1. The third-order valence-corrected chi connectivity index (χ3v) is 10.2. The molecule has 5 aromatic rings. The van der Waals surface area contributed by atoms with Crippen molar-refractivity contribution in [3.8, 4) is 23.0 Å². The van der Waals surface area contributed by atoms with Crippen LogP contribution in [0.1, 0.15) is 38.5 Å². The predicted molar refractivity (Wildman–Crippen MR) is 175 cm³/mol. The van der Waals surface area contributed by atoms with Gasteiger partial charge in [-0.1, -0.05) is 30.3 Å². The van der Waals surface area contributed by atoms with Crippen molar-refractivity contribution in [2.75, 3.05) is 37.7 Å². The Morgan fingerprint density at radius 3 is 2.35 bits per heavy atom. The molecule has 0 radical (unpaired) electrons. The zero-order chi connectivity index (χ0) is 33.7. The first-order chi connectivity index (χ1) is 23.8. The topological polar surface area (TPSA) is 80.7 Å². The van der Waals surface area contributed by atoms with Crippen LogP contribution in [0.25, 0.3) is 32.9 Å². The molecule has 0 bridgehead atoms. The van der Waals surface area contributed by atoms with Gasteiger partial charge in [0.05, 0.1) is 16.8 Å². The van der Waals surface area contributed by atoms with E-state index in [2.05, 4.69) is 14.9 Å². The lowest BCUT2D eigenvalue weighted by molar-refractivity contribution is -0.139. The second kappa shape index (κ2) is 12.6. The van der Waals surface area contributed by atoms with Crippen molar-refractivity contribution in [1.82, 2.24) is 19.9 Å². The molecule has 2 aromatic heterocycles. The molecule has 12 heteroatoms. The van der Waals surface area contributed by atoms with Crippen LogP contribution in [0.4, 0.5) is 23.4 Å². The summed E-state index contributed by atoms with van der Waals surface area (Å²) in [5.41, 5.74) is 0.177. The molecule has 8 nitrogen and oxygen atoms in total. The summed E-state index contributed by atoms with van der Waals surface area (Å²) in [6.45, 7) is 3.13. The Hall–Kier alpha value is -4.84. The number of nitrogens with zero attached hydrogens (tertiary/aromatic N) is 5. The van der Waals surface area contributed by atoms with Crippen LogP contribution >= 0.6 is 0 Å². The number of carbonyl (C=O) groups is 1. The van der Waals surface area contributed by atoms with Gasteiger partial charge in [-0.3, -0.25) is 14.7 Å². The van der Waals surface area contributed by atoms with E-state index >= 15 is 8.78 Å². The average Bonchev–Trinajstić information content (AvgIpc) is 3.68. The Morgan fingerprint density at radius 2 is 1.61 bits per heavy atom. The molecule has 0 N–H and O–H groups in total. The van der Waals surface area contributed by atoms with Crippen LogP contribution in [0.2, 0.25) is 0 Å². The van der Waals surface area contributed by atoms with Gasteiger partial charge >= 0.3 is 12.0 Å². The van der Waals surface area contributed by atoms with Crippen LogP contribution in [0, 0.1) is 29.2 Å². The lowest BCUT2D eigenvalue weighted by Crippen LogP contribution is -2.43. The van der Waals surface area contributed by atoms with Crippen LogP contribution in [-0.2, 0) is 4.79 Å². The molecule has 3 aliphatic heterocycles. The molecule has 3 aromatic carbocycles. The number of ether oxygens (including phenoxy) is 2. The maximum atomic E-state index is 16.7. The fraction of sp³-hybridized carbons (Fsp3) is 0.351. The van der Waals surface area contributed by atoms with Gasteiger partial charge in [0.25, 0.3) is 0 Å². The van der Waals surface area contributed by atoms with E-state index in [1.807, 2.05) is 4.90 Å². The largest absolute Gasteiger partial charge is 0.461 e. The summed E-state index contributed by atoms with van der Waals surface area (Å²) in [5, 5.41) is 1.23. The van der Waals surface area contributed by atoms with E-state index in [0.717, 1.165) is 50.9 Å². The molecule has 8 rings (SSSR count). The van der Waals surface area contributed by atoms with Crippen LogP contribution in [-0.4, -0.2) is 64.1 Å². The zero-order valence-corrected chi connectivity index (χ0v) is 26.6.